The lowest BCUT2D eigenvalue weighted by Crippen LogP contribution is -1.96. The maximum atomic E-state index is 5.89. The van der Waals surface area contributed by atoms with Crippen LogP contribution in [-0.2, 0) is 5.88 Å². The van der Waals surface area contributed by atoms with Gasteiger partial charge in [0.2, 0.25) is 5.88 Å². The largest absolute Gasteiger partial charge is 0.478 e. The zero-order chi connectivity index (χ0) is 10.7. The summed E-state index contributed by atoms with van der Waals surface area (Å²) in [6, 6.07) is 9.84. The summed E-state index contributed by atoms with van der Waals surface area (Å²) in [5.74, 6) is 1.12. The molecule has 3 heteroatoms. The second kappa shape index (κ2) is 4.49. The molecular formula is C12H12ClNO. The molecule has 0 amide bonds. The third-order valence-electron chi connectivity index (χ3n) is 2.21. The van der Waals surface area contributed by atoms with Crippen molar-refractivity contribution in [1.82, 2.24) is 4.98 Å². The van der Waals surface area contributed by atoms with E-state index in [9.17, 15) is 0 Å². The zero-order valence-corrected chi connectivity index (χ0v) is 9.29. The van der Waals surface area contributed by atoms with Gasteiger partial charge in [-0.3, -0.25) is 0 Å². The van der Waals surface area contributed by atoms with Gasteiger partial charge in [0.15, 0.2) is 0 Å². The number of rotatable bonds is 3. The van der Waals surface area contributed by atoms with E-state index in [-0.39, 0.29) is 0 Å². The van der Waals surface area contributed by atoms with Gasteiger partial charge >= 0.3 is 0 Å². The van der Waals surface area contributed by atoms with E-state index in [4.69, 9.17) is 16.3 Å². The zero-order valence-electron chi connectivity index (χ0n) is 8.53. The van der Waals surface area contributed by atoms with Gasteiger partial charge in [-0.1, -0.05) is 18.2 Å². The molecule has 0 aliphatic carbocycles. The van der Waals surface area contributed by atoms with Crippen LogP contribution >= 0.6 is 11.6 Å². The highest BCUT2D eigenvalue weighted by Crippen LogP contribution is 2.23. The molecule has 0 unspecified atom stereocenters. The smallest absolute Gasteiger partial charge is 0.214 e. The van der Waals surface area contributed by atoms with Crippen LogP contribution in [0.25, 0.3) is 10.9 Å². The standard InChI is InChI=1S/C12H12ClNO/c1-2-15-12-7-9(8-13)10-5-3-4-6-11(10)14-12/h3-7H,2,8H2,1H3. The highest BCUT2D eigenvalue weighted by Gasteiger charge is 2.04. The Balaban J connectivity index is 2.60. The second-order valence-electron chi connectivity index (χ2n) is 3.20. The number of pyridine rings is 1. The molecule has 1 heterocycles. The number of aromatic nitrogens is 1. The molecule has 0 aliphatic rings. The highest BCUT2D eigenvalue weighted by molar-refractivity contribution is 6.18. The van der Waals surface area contributed by atoms with Crippen LogP contribution < -0.4 is 4.74 Å². The Morgan fingerprint density at radius 1 is 1.33 bits per heavy atom. The molecule has 1 aromatic heterocycles. The fourth-order valence-electron chi connectivity index (χ4n) is 1.55. The van der Waals surface area contributed by atoms with Crippen molar-refractivity contribution in [3.8, 4) is 5.88 Å². The maximum absolute atomic E-state index is 5.89. The van der Waals surface area contributed by atoms with Gasteiger partial charge in [0.05, 0.1) is 12.1 Å². The molecule has 2 nitrogen and oxygen atoms in total. The van der Waals surface area contributed by atoms with E-state index < -0.39 is 0 Å². The molecule has 0 aliphatic heterocycles. The number of fused-ring (bicyclic) bond motifs is 1. The average Bonchev–Trinajstić information content (AvgIpc) is 2.28. The third-order valence-corrected chi connectivity index (χ3v) is 2.50. The molecule has 0 atom stereocenters. The number of hydrogen-bond donors (Lipinski definition) is 0. The molecule has 0 bridgehead atoms. The summed E-state index contributed by atoms with van der Waals surface area (Å²) in [7, 11) is 0. The van der Waals surface area contributed by atoms with Gasteiger partial charge in [-0.2, -0.15) is 0 Å². The highest BCUT2D eigenvalue weighted by atomic mass is 35.5. The van der Waals surface area contributed by atoms with E-state index in [0.717, 1.165) is 16.5 Å². The van der Waals surface area contributed by atoms with E-state index in [1.54, 1.807) is 0 Å². The molecular weight excluding hydrogens is 210 g/mol. The lowest BCUT2D eigenvalue weighted by Gasteiger charge is -2.07. The molecule has 0 saturated carbocycles. The summed E-state index contributed by atoms with van der Waals surface area (Å²) in [5, 5.41) is 1.09. The van der Waals surface area contributed by atoms with Crippen LogP contribution in [0, 0.1) is 0 Å². The second-order valence-corrected chi connectivity index (χ2v) is 3.47. The number of ether oxygens (including phenoxy) is 1. The fraction of sp³-hybridized carbons (Fsp3) is 0.250. The van der Waals surface area contributed by atoms with Gasteiger partial charge in [-0.25, -0.2) is 4.98 Å². The lowest BCUT2D eigenvalue weighted by molar-refractivity contribution is 0.328. The van der Waals surface area contributed by atoms with E-state index in [0.29, 0.717) is 18.4 Å². The number of para-hydroxylation sites is 1. The van der Waals surface area contributed by atoms with Crippen LogP contribution in [0.5, 0.6) is 5.88 Å². The molecule has 1 aromatic carbocycles. The first-order valence-corrected chi connectivity index (χ1v) is 5.46. The molecule has 0 fully saturated rings. The van der Waals surface area contributed by atoms with Crippen LogP contribution in [0.4, 0.5) is 0 Å². The Bertz CT molecular complexity index is 470. The van der Waals surface area contributed by atoms with Gasteiger partial charge in [-0.05, 0) is 18.6 Å². The number of hydrogen-bond acceptors (Lipinski definition) is 2. The molecule has 0 N–H and O–H groups in total. The minimum atomic E-state index is 0.475. The lowest BCUT2D eigenvalue weighted by atomic mass is 10.1. The summed E-state index contributed by atoms with van der Waals surface area (Å²) in [6.07, 6.45) is 0. The first-order valence-electron chi connectivity index (χ1n) is 4.92. The van der Waals surface area contributed by atoms with Crippen molar-refractivity contribution in [2.24, 2.45) is 0 Å². The molecule has 0 spiro atoms. The van der Waals surface area contributed by atoms with E-state index >= 15 is 0 Å². The van der Waals surface area contributed by atoms with Crippen LogP contribution in [0.15, 0.2) is 30.3 Å². The Morgan fingerprint density at radius 2 is 2.13 bits per heavy atom. The van der Waals surface area contributed by atoms with E-state index in [1.807, 2.05) is 37.3 Å². The normalized spacial score (nSPS) is 10.5. The molecule has 2 rings (SSSR count). The summed E-state index contributed by atoms with van der Waals surface area (Å²) in [5.41, 5.74) is 1.99. The van der Waals surface area contributed by atoms with Crippen LogP contribution in [-0.4, -0.2) is 11.6 Å². The summed E-state index contributed by atoms with van der Waals surface area (Å²) >= 11 is 5.89. The van der Waals surface area contributed by atoms with Crippen molar-refractivity contribution in [2.75, 3.05) is 6.61 Å². The summed E-state index contributed by atoms with van der Waals surface area (Å²) < 4.78 is 5.39. The molecule has 0 radical (unpaired) electrons. The fourth-order valence-corrected chi connectivity index (χ4v) is 1.77. The number of halogens is 1. The van der Waals surface area contributed by atoms with Gasteiger partial charge in [0.25, 0.3) is 0 Å². The SMILES string of the molecule is CCOc1cc(CCl)c2ccccc2n1. The van der Waals surface area contributed by atoms with Crippen molar-refractivity contribution >= 4 is 22.5 Å². The number of nitrogens with zero attached hydrogens (tertiary/aromatic N) is 1. The average molecular weight is 222 g/mol. The van der Waals surface area contributed by atoms with Crippen molar-refractivity contribution in [1.29, 1.82) is 0 Å². The summed E-state index contributed by atoms with van der Waals surface area (Å²) in [4.78, 5) is 4.39. The minimum Gasteiger partial charge on any atom is -0.478 e. The number of benzene rings is 1. The molecule has 15 heavy (non-hydrogen) atoms. The van der Waals surface area contributed by atoms with Crippen molar-refractivity contribution < 1.29 is 4.74 Å². The predicted molar refractivity (Wildman–Crippen MR) is 62.5 cm³/mol. The maximum Gasteiger partial charge on any atom is 0.214 e. The Morgan fingerprint density at radius 3 is 2.87 bits per heavy atom. The van der Waals surface area contributed by atoms with Gasteiger partial charge in [0, 0.05) is 17.3 Å². The molecule has 2 aromatic rings. The summed E-state index contributed by atoms with van der Waals surface area (Å²) in [6.45, 7) is 2.56. The van der Waals surface area contributed by atoms with Crippen molar-refractivity contribution in [2.45, 2.75) is 12.8 Å². The quantitative estimate of drug-likeness (QED) is 0.742. The first-order chi connectivity index (χ1) is 7.35. The molecule has 78 valence electrons. The van der Waals surface area contributed by atoms with Crippen LogP contribution in [0.2, 0.25) is 0 Å². The van der Waals surface area contributed by atoms with Gasteiger partial charge in [0.1, 0.15) is 0 Å². The van der Waals surface area contributed by atoms with E-state index in [2.05, 4.69) is 4.98 Å². The Labute approximate surface area is 93.8 Å². The van der Waals surface area contributed by atoms with E-state index in [1.165, 1.54) is 0 Å². The monoisotopic (exact) mass is 221 g/mol. The Hall–Kier alpha value is -1.28. The predicted octanol–water partition coefficient (Wildman–Crippen LogP) is 3.37. The van der Waals surface area contributed by atoms with Crippen molar-refractivity contribution in [3.05, 3.63) is 35.9 Å². The van der Waals surface area contributed by atoms with Crippen LogP contribution in [0.3, 0.4) is 0 Å². The van der Waals surface area contributed by atoms with Gasteiger partial charge < -0.3 is 4.74 Å². The first kappa shape index (κ1) is 10.2. The van der Waals surface area contributed by atoms with Crippen molar-refractivity contribution in [3.63, 3.8) is 0 Å². The third kappa shape index (κ3) is 2.05. The topological polar surface area (TPSA) is 22.1 Å². The Kier molecular flexibility index (Phi) is 3.07. The van der Waals surface area contributed by atoms with Crippen LogP contribution in [0.1, 0.15) is 12.5 Å². The minimum absolute atomic E-state index is 0.475. The van der Waals surface area contributed by atoms with Gasteiger partial charge in [-0.15, -0.1) is 11.6 Å². The number of alkyl halides is 1. The molecule has 0 saturated heterocycles.